The normalized spacial score (nSPS) is 24.5. The zero-order valence-corrected chi connectivity index (χ0v) is 8.34. The van der Waals surface area contributed by atoms with Crippen LogP contribution in [0.25, 0.3) is 0 Å². The van der Waals surface area contributed by atoms with Gasteiger partial charge in [-0.3, -0.25) is 0 Å². The minimum absolute atomic E-state index is 0.783. The van der Waals surface area contributed by atoms with Gasteiger partial charge in [-0.25, -0.2) is 0 Å². The van der Waals surface area contributed by atoms with Crippen molar-refractivity contribution >= 4 is 0 Å². The molecular weight excluding hydrogens is 144 g/mol. The van der Waals surface area contributed by atoms with Gasteiger partial charge < -0.3 is 0 Å². The van der Waals surface area contributed by atoms with Crippen molar-refractivity contribution in [2.45, 2.75) is 46.0 Å². The van der Waals surface area contributed by atoms with Crippen LogP contribution in [0, 0.1) is 5.92 Å². The van der Waals surface area contributed by atoms with E-state index in [1.807, 2.05) is 0 Å². The molecule has 0 aromatic heterocycles. The maximum absolute atomic E-state index is 2.41. The molecular formula is C12H20. The van der Waals surface area contributed by atoms with E-state index >= 15 is 0 Å². The van der Waals surface area contributed by atoms with Gasteiger partial charge in [0.1, 0.15) is 0 Å². The first-order chi connectivity index (χ1) is 5.83. The fourth-order valence-corrected chi connectivity index (χ4v) is 1.65. The summed E-state index contributed by atoms with van der Waals surface area (Å²) >= 11 is 0. The maximum Gasteiger partial charge on any atom is -0.0259 e. The number of hydrogen-bond acceptors (Lipinski definition) is 0. The molecule has 0 radical (unpaired) electrons. The molecule has 0 spiro atoms. The summed E-state index contributed by atoms with van der Waals surface area (Å²) in [5, 5.41) is 0. The molecule has 0 aliphatic heterocycles. The first-order valence-corrected chi connectivity index (χ1v) is 5.20. The predicted molar refractivity (Wildman–Crippen MR) is 55.1 cm³/mol. The SMILES string of the molecule is CCCC1=CCCCC(C)C=C1. The molecule has 12 heavy (non-hydrogen) atoms. The van der Waals surface area contributed by atoms with Crippen molar-refractivity contribution in [2.24, 2.45) is 5.92 Å². The fraction of sp³-hybridized carbons (Fsp3) is 0.667. The van der Waals surface area contributed by atoms with Crippen LogP contribution in [0.4, 0.5) is 0 Å². The lowest BCUT2D eigenvalue weighted by Crippen LogP contribution is -1.93. The molecule has 1 aliphatic carbocycles. The summed E-state index contributed by atoms with van der Waals surface area (Å²) in [6.07, 6.45) is 13.6. The van der Waals surface area contributed by atoms with Crippen molar-refractivity contribution in [3.63, 3.8) is 0 Å². The van der Waals surface area contributed by atoms with Gasteiger partial charge >= 0.3 is 0 Å². The number of allylic oxidation sites excluding steroid dienone is 4. The average Bonchev–Trinajstić information content (AvgIpc) is 2.04. The quantitative estimate of drug-likeness (QED) is 0.576. The predicted octanol–water partition coefficient (Wildman–Crippen LogP) is 4.09. The largest absolute Gasteiger partial charge is 0.0814 e. The monoisotopic (exact) mass is 164 g/mol. The number of hydrogen-bond donors (Lipinski definition) is 0. The Bertz CT molecular complexity index is 174. The number of rotatable bonds is 2. The van der Waals surface area contributed by atoms with Crippen molar-refractivity contribution in [3.05, 3.63) is 23.8 Å². The van der Waals surface area contributed by atoms with Crippen molar-refractivity contribution in [1.82, 2.24) is 0 Å². The second-order valence-electron chi connectivity index (χ2n) is 3.80. The average molecular weight is 164 g/mol. The van der Waals surface area contributed by atoms with Gasteiger partial charge in [0, 0.05) is 0 Å². The Balaban J connectivity index is 2.53. The Labute approximate surface area is 76.4 Å². The highest BCUT2D eigenvalue weighted by Gasteiger charge is 2.00. The first kappa shape index (κ1) is 9.57. The molecule has 1 atom stereocenters. The van der Waals surface area contributed by atoms with Crippen molar-refractivity contribution in [3.8, 4) is 0 Å². The van der Waals surface area contributed by atoms with E-state index in [4.69, 9.17) is 0 Å². The van der Waals surface area contributed by atoms with E-state index in [9.17, 15) is 0 Å². The summed E-state index contributed by atoms with van der Waals surface area (Å²) in [4.78, 5) is 0. The van der Waals surface area contributed by atoms with Gasteiger partial charge in [0.2, 0.25) is 0 Å². The highest BCUT2D eigenvalue weighted by atomic mass is 14.1. The molecule has 0 heteroatoms. The Kier molecular flexibility index (Phi) is 4.13. The molecule has 0 nitrogen and oxygen atoms in total. The van der Waals surface area contributed by atoms with Crippen molar-refractivity contribution in [2.75, 3.05) is 0 Å². The van der Waals surface area contributed by atoms with Crippen molar-refractivity contribution < 1.29 is 0 Å². The Morgan fingerprint density at radius 2 is 2.33 bits per heavy atom. The summed E-state index contributed by atoms with van der Waals surface area (Å²) in [6.45, 7) is 4.56. The third-order valence-electron chi connectivity index (χ3n) is 2.45. The summed E-state index contributed by atoms with van der Waals surface area (Å²) in [5.41, 5.74) is 1.55. The summed E-state index contributed by atoms with van der Waals surface area (Å²) in [6, 6.07) is 0. The molecule has 0 saturated carbocycles. The molecule has 0 bridgehead atoms. The Morgan fingerprint density at radius 1 is 1.50 bits per heavy atom. The van der Waals surface area contributed by atoms with Crippen LogP contribution in [0.5, 0.6) is 0 Å². The van der Waals surface area contributed by atoms with Gasteiger partial charge in [-0.15, -0.1) is 0 Å². The van der Waals surface area contributed by atoms with Crippen molar-refractivity contribution in [1.29, 1.82) is 0 Å². The lowest BCUT2D eigenvalue weighted by molar-refractivity contribution is 0.606. The zero-order valence-electron chi connectivity index (χ0n) is 8.34. The van der Waals surface area contributed by atoms with E-state index in [1.54, 1.807) is 5.57 Å². The van der Waals surface area contributed by atoms with Gasteiger partial charge in [0.15, 0.2) is 0 Å². The Hall–Kier alpha value is -0.520. The molecule has 0 heterocycles. The van der Waals surface area contributed by atoms with Crippen LogP contribution >= 0.6 is 0 Å². The van der Waals surface area contributed by atoms with E-state index in [0.717, 1.165) is 5.92 Å². The van der Waals surface area contributed by atoms with E-state index in [1.165, 1.54) is 32.1 Å². The van der Waals surface area contributed by atoms with Gasteiger partial charge in [0.25, 0.3) is 0 Å². The highest BCUT2D eigenvalue weighted by Crippen LogP contribution is 2.18. The molecule has 1 rings (SSSR count). The third-order valence-corrected chi connectivity index (χ3v) is 2.45. The minimum atomic E-state index is 0.783. The topological polar surface area (TPSA) is 0 Å². The van der Waals surface area contributed by atoms with Crippen LogP contribution < -0.4 is 0 Å². The standard InChI is InChI=1S/C12H20/c1-3-6-12-8-5-4-7-11(2)9-10-12/h8-11H,3-7H2,1-2H3. The molecule has 0 fully saturated rings. The fourth-order valence-electron chi connectivity index (χ4n) is 1.65. The second kappa shape index (κ2) is 5.18. The molecule has 0 aromatic rings. The minimum Gasteiger partial charge on any atom is -0.0814 e. The molecule has 1 aliphatic rings. The van der Waals surface area contributed by atoms with Crippen LogP contribution in [0.1, 0.15) is 46.0 Å². The second-order valence-corrected chi connectivity index (χ2v) is 3.80. The van der Waals surface area contributed by atoms with E-state index < -0.39 is 0 Å². The first-order valence-electron chi connectivity index (χ1n) is 5.20. The third kappa shape index (κ3) is 3.25. The highest BCUT2D eigenvalue weighted by molar-refractivity contribution is 5.19. The van der Waals surface area contributed by atoms with Gasteiger partial charge in [-0.05, 0) is 31.6 Å². The van der Waals surface area contributed by atoms with E-state index in [2.05, 4.69) is 32.1 Å². The van der Waals surface area contributed by atoms with Gasteiger partial charge in [-0.1, -0.05) is 44.1 Å². The van der Waals surface area contributed by atoms with E-state index in [0.29, 0.717) is 0 Å². The summed E-state index contributed by atoms with van der Waals surface area (Å²) < 4.78 is 0. The zero-order chi connectivity index (χ0) is 8.81. The van der Waals surface area contributed by atoms with Crippen LogP contribution in [0.3, 0.4) is 0 Å². The lowest BCUT2D eigenvalue weighted by atomic mass is 9.97. The molecule has 68 valence electrons. The van der Waals surface area contributed by atoms with Gasteiger partial charge in [-0.2, -0.15) is 0 Å². The van der Waals surface area contributed by atoms with Crippen LogP contribution in [-0.4, -0.2) is 0 Å². The molecule has 0 saturated heterocycles. The maximum atomic E-state index is 2.41. The van der Waals surface area contributed by atoms with Gasteiger partial charge in [0.05, 0.1) is 0 Å². The molecule has 0 amide bonds. The molecule has 0 aromatic carbocycles. The molecule has 0 N–H and O–H groups in total. The summed E-state index contributed by atoms with van der Waals surface area (Å²) in [7, 11) is 0. The summed E-state index contributed by atoms with van der Waals surface area (Å²) in [5.74, 6) is 0.783. The van der Waals surface area contributed by atoms with E-state index in [-0.39, 0.29) is 0 Å². The van der Waals surface area contributed by atoms with Crippen LogP contribution in [-0.2, 0) is 0 Å². The van der Waals surface area contributed by atoms with Crippen LogP contribution in [0.15, 0.2) is 23.8 Å². The smallest absolute Gasteiger partial charge is 0.0259 e. The lowest BCUT2D eigenvalue weighted by Gasteiger charge is -2.09. The van der Waals surface area contributed by atoms with Crippen LogP contribution in [0.2, 0.25) is 0 Å². The molecule has 1 unspecified atom stereocenters. The Morgan fingerprint density at radius 3 is 3.08 bits per heavy atom.